The molecule has 2 heterocycles. The van der Waals surface area contributed by atoms with Crippen LogP contribution in [0.3, 0.4) is 0 Å². The summed E-state index contributed by atoms with van der Waals surface area (Å²) in [6, 6.07) is 7.80. The number of rotatable bonds is 3. The van der Waals surface area contributed by atoms with Gasteiger partial charge in [0, 0.05) is 31.3 Å². The molecule has 5 nitrogen and oxygen atoms in total. The molecule has 1 aromatic carbocycles. The zero-order valence-electron chi connectivity index (χ0n) is 13.1. The molecule has 3 rings (SSSR count). The van der Waals surface area contributed by atoms with Gasteiger partial charge in [0.15, 0.2) is 0 Å². The summed E-state index contributed by atoms with van der Waals surface area (Å²) in [7, 11) is 0. The monoisotopic (exact) mass is 317 g/mol. The van der Waals surface area contributed by atoms with Crippen molar-refractivity contribution in [3.05, 3.63) is 57.8 Å². The third kappa shape index (κ3) is 3.76. The maximum Gasteiger partial charge on any atom is 0.252 e. The highest BCUT2D eigenvalue weighted by Crippen LogP contribution is 2.28. The average Bonchev–Trinajstić information content (AvgIpc) is 2.46. The first-order valence-corrected chi connectivity index (χ1v) is 7.73. The van der Waals surface area contributed by atoms with E-state index >= 15 is 0 Å². The van der Waals surface area contributed by atoms with E-state index in [1.807, 2.05) is 11.0 Å². The van der Waals surface area contributed by atoms with Crippen LogP contribution in [0.5, 0.6) is 0 Å². The Balaban J connectivity index is 1.68. The van der Waals surface area contributed by atoms with Crippen molar-refractivity contribution in [3.63, 3.8) is 0 Å². The van der Waals surface area contributed by atoms with Crippen LogP contribution in [0.2, 0.25) is 0 Å². The van der Waals surface area contributed by atoms with E-state index in [1.54, 1.807) is 13.0 Å². The zero-order chi connectivity index (χ0) is 16.4. The van der Waals surface area contributed by atoms with Gasteiger partial charge in [0.05, 0.1) is 5.60 Å². The highest BCUT2D eigenvalue weighted by Gasteiger charge is 2.33. The number of hydrogen-bond donors (Lipinski definition) is 2. The van der Waals surface area contributed by atoms with E-state index in [1.165, 1.54) is 18.2 Å². The highest BCUT2D eigenvalue weighted by molar-refractivity contribution is 5.31. The van der Waals surface area contributed by atoms with Crippen molar-refractivity contribution in [2.75, 3.05) is 18.0 Å². The molecule has 1 saturated heterocycles. The number of piperidine rings is 1. The Labute approximate surface area is 133 Å². The molecule has 0 radical (unpaired) electrons. The molecular weight excluding hydrogens is 297 g/mol. The number of hydrogen-bond acceptors (Lipinski definition) is 4. The Bertz CT molecular complexity index is 751. The van der Waals surface area contributed by atoms with Gasteiger partial charge < -0.3 is 10.0 Å². The Morgan fingerprint density at radius 1 is 1.35 bits per heavy atom. The lowest BCUT2D eigenvalue weighted by atomic mass is 9.85. The minimum Gasteiger partial charge on any atom is -0.389 e. The first-order valence-electron chi connectivity index (χ1n) is 7.73. The summed E-state index contributed by atoms with van der Waals surface area (Å²) in [5.41, 5.74) is 0.439. The Kier molecular flexibility index (Phi) is 4.17. The lowest BCUT2D eigenvalue weighted by molar-refractivity contribution is 0.0162. The minimum absolute atomic E-state index is 0.173. The van der Waals surface area contributed by atoms with Gasteiger partial charge in [0.2, 0.25) is 5.95 Å². The predicted molar refractivity (Wildman–Crippen MR) is 86.1 cm³/mol. The molecule has 122 valence electrons. The molecule has 1 fully saturated rings. The van der Waals surface area contributed by atoms with Crippen LogP contribution in [0.4, 0.5) is 10.3 Å². The summed E-state index contributed by atoms with van der Waals surface area (Å²) in [5.74, 6) is 0.257. The minimum atomic E-state index is -0.853. The molecule has 1 aliphatic heterocycles. The number of anilines is 1. The molecule has 23 heavy (non-hydrogen) atoms. The van der Waals surface area contributed by atoms with Crippen LogP contribution in [-0.2, 0) is 6.42 Å². The van der Waals surface area contributed by atoms with Crippen molar-refractivity contribution < 1.29 is 9.50 Å². The molecule has 0 atom stereocenters. The number of H-pyrrole nitrogens is 1. The third-order valence-electron chi connectivity index (χ3n) is 4.27. The SMILES string of the molecule is Cc1cc(=O)[nH]c(N2CCC(O)(Cc3cccc(F)c3)CC2)n1. The van der Waals surface area contributed by atoms with Crippen molar-refractivity contribution in [1.29, 1.82) is 0 Å². The predicted octanol–water partition coefficient (Wildman–Crippen LogP) is 1.79. The second-order valence-corrected chi connectivity index (χ2v) is 6.23. The van der Waals surface area contributed by atoms with Gasteiger partial charge in [-0.05, 0) is 37.5 Å². The summed E-state index contributed by atoms with van der Waals surface area (Å²) in [5, 5.41) is 10.7. The number of aromatic amines is 1. The molecule has 0 amide bonds. The summed E-state index contributed by atoms with van der Waals surface area (Å²) in [6.45, 7) is 2.97. The molecule has 2 N–H and O–H groups in total. The second-order valence-electron chi connectivity index (χ2n) is 6.23. The van der Waals surface area contributed by atoms with E-state index in [9.17, 15) is 14.3 Å². The van der Waals surface area contributed by atoms with Gasteiger partial charge in [-0.25, -0.2) is 9.37 Å². The number of nitrogens with one attached hydrogen (secondary N) is 1. The van der Waals surface area contributed by atoms with Gasteiger partial charge in [-0.15, -0.1) is 0 Å². The fourth-order valence-electron chi connectivity index (χ4n) is 3.05. The summed E-state index contributed by atoms with van der Waals surface area (Å²) in [4.78, 5) is 20.6. The molecule has 0 saturated carbocycles. The fourth-order valence-corrected chi connectivity index (χ4v) is 3.05. The average molecular weight is 317 g/mol. The molecule has 0 spiro atoms. The highest BCUT2D eigenvalue weighted by atomic mass is 19.1. The summed E-state index contributed by atoms with van der Waals surface area (Å²) >= 11 is 0. The van der Waals surface area contributed by atoms with Gasteiger partial charge in [0.1, 0.15) is 5.82 Å². The molecule has 0 unspecified atom stereocenters. The maximum absolute atomic E-state index is 13.3. The van der Waals surface area contributed by atoms with Crippen LogP contribution in [0.15, 0.2) is 35.1 Å². The standard InChI is InChI=1S/C17H20FN3O2/c1-12-9-15(22)20-16(19-12)21-7-5-17(23,6-8-21)11-13-3-2-4-14(18)10-13/h2-4,9-10,23H,5-8,11H2,1H3,(H,19,20,22). The number of aryl methyl sites for hydroxylation is 1. The molecule has 1 aromatic heterocycles. The van der Waals surface area contributed by atoms with Gasteiger partial charge in [0.25, 0.3) is 5.56 Å². The smallest absolute Gasteiger partial charge is 0.252 e. The number of halogens is 1. The fraction of sp³-hybridized carbons (Fsp3) is 0.412. The molecular formula is C17H20FN3O2. The van der Waals surface area contributed by atoms with Crippen molar-refractivity contribution >= 4 is 5.95 Å². The summed E-state index contributed by atoms with van der Waals surface area (Å²) in [6.07, 6.45) is 1.51. The van der Waals surface area contributed by atoms with E-state index in [0.717, 1.165) is 5.56 Å². The quantitative estimate of drug-likeness (QED) is 0.905. The molecule has 1 aliphatic rings. The Hall–Kier alpha value is -2.21. The molecule has 2 aromatic rings. The second kappa shape index (κ2) is 6.12. The first-order chi connectivity index (χ1) is 10.9. The van der Waals surface area contributed by atoms with Gasteiger partial charge >= 0.3 is 0 Å². The largest absolute Gasteiger partial charge is 0.389 e. The van der Waals surface area contributed by atoms with Crippen molar-refractivity contribution in [3.8, 4) is 0 Å². The van der Waals surface area contributed by atoms with Crippen LogP contribution in [-0.4, -0.2) is 33.8 Å². The van der Waals surface area contributed by atoms with Crippen molar-refractivity contribution in [2.24, 2.45) is 0 Å². The van der Waals surface area contributed by atoms with E-state index in [2.05, 4.69) is 9.97 Å². The van der Waals surface area contributed by atoms with Gasteiger partial charge in [-0.2, -0.15) is 0 Å². The van der Waals surface area contributed by atoms with Crippen LogP contribution < -0.4 is 10.5 Å². The Morgan fingerprint density at radius 2 is 2.09 bits per heavy atom. The van der Waals surface area contributed by atoms with E-state index in [4.69, 9.17) is 0 Å². The van der Waals surface area contributed by atoms with Gasteiger partial charge in [-0.1, -0.05) is 12.1 Å². The first kappa shape index (κ1) is 15.7. The number of nitrogens with zero attached hydrogens (tertiary/aromatic N) is 2. The normalized spacial score (nSPS) is 17.3. The van der Waals surface area contributed by atoms with E-state index < -0.39 is 5.60 Å². The van der Waals surface area contributed by atoms with Gasteiger partial charge in [-0.3, -0.25) is 9.78 Å². The number of aromatic nitrogens is 2. The van der Waals surface area contributed by atoms with Crippen molar-refractivity contribution in [1.82, 2.24) is 9.97 Å². The topological polar surface area (TPSA) is 69.2 Å². The van der Waals surface area contributed by atoms with Crippen LogP contribution in [0.25, 0.3) is 0 Å². The summed E-state index contributed by atoms with van der Waals surface area (Å²) < 4.78 is 13.3. The Morgan fingerprint density at radius 3 is 2.74 bits per heavy atom. The molecule has 0 bridgehead atoms. The van der Waals surface area contributed by atoms with Crippen LogP contribution in [0.1, 0.15) is 24.1 Å². The van der Waals surface area contributed by atoms with Crippen LogP contribution >= 0.6 is 0 Å². The molecule has 0 aliphatic carbocycles. The maximum atomic E-state index is 13.3. The van der Waals surface area contributed by atoms with E-state index in [0.29, 0.717) is 44.0 Å². The third-order valence-corrected chi connectivity index (χ3v) is 4.27. The zero-order valence-corrected chi connectivity index (χ0v) is 13.1. The number of benzene rings is 1. The number of aliphatic hydroxyl groups is 1. The van der Waals surface area contributed by atoms with Crippen LogP contribution in [0, 0.1) is 12.7 Å². The van der Waals surface area contributed by atoms with E-state index in [-0.39, 0.29) is 11.4 Å². The lowest BCUT2D eigenvalue weighted by Gasteiger charge is -2.38. The lowest BCUT2D eigenvalue weighted by Crippen LogP contribution is -2.46. The molecule has 6 heteroatoms. The van der Waals surface area contributed by atoms with Crippen molar-refractivity contribution in [2.45, 2.75) is 31.8 Å².